The molecule has 1 saturated heterocycles. The first kappa shape index (κ1) is 13.2. The smallest absolute Gasteiger partial charge is 0.328 e. The average Bonchev–Trinajstić information content (AvgIpc) is 3.10. The SMILES string of the molecule is CCC1CCCN1c1nc2sccn2c1/C=C/C(=O)O. The quantitative estimate of drug-likeness (QED) is 0.880. The van der Waals surface area contributed by atoms with Crippen LogP contribution < -0.4 is 4.90 Å². The number of nitrogens with zero attached hydrogens (tertiary/aromatic N) is 3. The number of hydrogen-bond acceptors (Lipinski definition) is 4. The van der Waals surface area contributed by atoms with Gasteiger partial charge in [0, 0.05) is 30.2 Å². The van der Waals surface area contributed by atoms with Crippen LogP contribution >= 0.6 is 11.3 Å². The second-order valence-electron chi connectivity index (χ2n) is 4.95. The van der Waals surface area contributed by atoms with E-state index in [0.717, 1.165) is 29.4 Å². The highest BCUT2D eigenvalue weighted by Crippen LogP contribution is 2.32. The monoisotopic (exact) mass is 291 g/mol. The molecular formula is C14H17N3O2S. The molecule has 2 aromatic rings. The maximum absolute atomic E-state index is 10.8. The highest BCUT2D eigenvalue weighted by Gasteiger charge is 2.27. The average molecular weight is 291 g/mol. The molecule has 3 rings (SSSR count). The van der Waals surface area contributed by atoms with Crippen molar-refractivity contribution in [2.45, 2.75) is 32.2 Å². The van der Waals surface area contributed by atoms with E-state index in [1.807, 2.05) is 16.0 Å². The molecule has 0 aliphatic carbocycles. The van der Waals surface area contributed by atoms with Gasteiger partial charge in [0.1, 0.15) is 0 Å². The van der Waals surface area contributed by atoms with Crippen LogP contribution in [0.1, 0.15) is 31.9 Å². The van der Waals surface area contributed by atoms with Gasteiger partial charge in [-0.1, -0.05) is 6.92 Å². The van der Waals surface area contributed by atoms with Gasteiger partial charge in [-0.05, 0) is 25.3 Å². The second-order valence-corrected chi connectivity index (χ2v) is 5.82. The predicted molar refractivity (Wildman–Crippen MR) is 80.4 cm³/mol. The number of carbonyl (C=O) groups is 1. The van der Waals surface area contributed by atoms with E-state index < -0.39 is 5.97 Å². The van der Waals surface area contributed by atoms with Gasteiger partial charge in [0.25, 0.3) is 0 Å². The Morgan fingerprint density at radius 1 is 1.65 bits per heavy atom. The lowest BCUT2D eigenvalue weighted by molar-refractivity contribution is -0.131. The highest BCUT2D eigenvalue weighted by atomic mass is 32.1. The van der Waals surface area contributed by atoms with Gasteiger partial charge < -0.3 is 10.0 Å². The molecule has 1 aliphatic rings. The maximum Gasteiger partial charge on any atom is 0.328 e. The molecule has 1 fully saturated rings. The molecule has 106 valence electrons. The highest BCUT2D eigenvalue weighted by molar-refractivity contribution is 7.15. The van der Waals surface area contributed by atoms with E-state index >= 15 is 0 Å². The van der Waals surface area contributed by atoms with Crippen molar-refractivity contribution in [3.05, 3.63) is 23.3 Å². The number of aliphatic carboxylic acids is 1. The Morgan fingerprint density at radius 2 is 2.50 bits per heavy atom. The Balaban J connectivity index is 2.07. The first-order valence-corrected chi connectivity index (χ1v) is 7.72. The van der Waals surface area contributed by atoms with Crippen molar-refractivity contribution in [1.29, 1.82) is 0 Å². The number of carboxylic acid groups (broad SMARTS) is 1. The number of thiazole rings is 1. The number of imidazole rings is 1. The van der Waals surface area contributed by atoms with Crippen molar-refractivity contribution in [1.82, 2.24) is 9.38 Å². The van der Waals surface area contributed by atoms with Gasteiger partial charge in [-0.2, -0.15) is 0 Å². The van der Waals surface area contributed by atoms with Crippen LogP contribution in [0.15, 0.2) is 17.7 Å². The summed E-state index contributed by atoms with van der Waals surface area (Å²) in [5.74, 6) is -0.0201. The Morgan fingerprint density at radius 3 is 3.25 bits per heavy atom. The largest absolute Gasteiger partial charge is 0.478 e. The summed E-state index contributed by atoms with van der Waals surface area (Å²) < 4.78 is 1.96. The summed E-state index contributed by atoms with van der Waals surface area (Å²) in [7, 11) is 0. The molecule has 0 saturated carbocycles. The lowest BCUT2D eigenvalue weighted by Gasteiger charge is -2.24. The van der Waals surface area contributed by atoms with Crippen LogP contribution in [0.5, 0.6) is 0 Å². The van der Waals surface area contributed by atoms with Crippen molar-refractivity contribution in [2.24, 2.45) is 0 Å². The molecular weight excluding hydrogens is 274 g/mol. The Labute approximate surface area is 121 Å². The van der Waals surface area contributed by atoms with Crippen LogP contribution in [0.25, 0.3) is 11.0 Å². The summed E-state index contributed by atoms with van der Waals surface area (Å²) >= 11 is 1.57. The molecule has 0 aromatic carbocycles. The molecule has 6 heteroatoms. The third-order valence-corrected chi connectivity index (χ3v) is 4.54. The molecule has 0 radical (unpaired) electrons. The minimum atomic E-state index is -0.936. The standard InChI is InChI=1S/C14H17N3O2S/c1-2-10-4-3-7-16(10)13-11(5-6-12(18)19)17-8-9-20-14(17)15-13/h5-6,8-10H,2-4,7H2,1H3,(H,18,19)/b6-5+. The fourth-order valence-electron chi connectivity index (χ4n) is 2.85. The zero-order chi connectivity index (χ0) is 14.1. The van der Waals surface area contributed by atoms with Crippen LogP contribution in [-0.2, 0) is 4.79 Å². The lowest BCUT2D eigenvalue weighted by atomic mass is 10.1. The van der Waals surface area contributed by atoms with E-state index in [9.17, 15) is 4.79 Å². The van der Waals surface area contributed by atoms with Gasteiger partial charge in [-0.3, -0.25) is 4.40 Å². The van der Waals surface area contributed by atoms with E-state index in [1.54, 1.807) is 17.4 Å². The predicted octanol–water partition coefficient (Wildman–Crippen LogP) is 2.87. The first-order chi connectivity index (χ1) is 9.70. The molecule has 0 bridgehead atoms. The maximum atomic E-state index is 10.8. The molecule has 1 atom stereocenters. The molecule has 20 heavy (non-hydrogen) atoms. The third-order valence-electron chi connectivity index (χ3n) is 3.78. The second kappa shape index (κ2) is 5.28. The van der Waals surface area contributed by atoms with Crippen molar-refractivity contribution < 1.29 is 9.90 Å². The molecule has 0 amide bonds. The summed E-state index contributed by atoms with van der Waals surface area (Å²) in [4.78, 5) is 18.7. The minimum absolute atomic E-state index is 0.511. The molecule has 1 aliphatic heterocycles. The van der Waals surface area contributed by atoms with Crippen molar-refractivity contribution in [3.63, 3.8) is 0 Å². The molecule has 0 spiro atoms. The summed E-state index contributed by atoms with van der Waals surface area (Å²) in [6.07, 6.45) is 8.22. The Kier molecular flexibility index (Phi) is 3.48. The Bertz CT molecular complexity index is 658. The van der Waals surface area contributed by atoms with Gasteiger partial charge >= 0.3 is 5.97 Å². The number of carboxylic acids is 1. The molecule has 1 N–H and O–H groups in total. The van der Waals surface area contributed by atoms with Crippen LogP contribution in [0.4, 0.5) is 5.82 Å². The van der Waals surface area contributed by atoms with E-state index in [0.29, 0.717) is 6.04 Å². The lowest BCUT2D eigenvalue weighted by Crippen LogP contribution is -2.29. The van der Waals surface area contributed by atoms with Crippen LogP contribution in [0.3, 0.4) is 0 Å². The molecule has 1 unspecified atom stereocenters. The van der Waals surface area contributed by atoms with Crippen molar-refractivity contribution in [3.8, 4) is 0 Å². The fraction of sp³-hybridized carbons (Fsp3) is 0.429. The van der Waals surface area contributed by atoms with Gasteiger partial charge in [0.15, 0.2) is 10.8 Å². The summed E-state index contributed by atoms with van der Waals surface area (Å²) in [6.45, 7) is 3.19. The topological polar surface area (TPSA) is 57.8 Å². The third kappa shape index (κ3) is 2.20. The van der Waals surface area contributed by atoms with Gasteiger partial charge in [0.05, 0.1) is 5.69 Å². The summed E-state index contributed by atoms with van der Waals surface area (Å²) in [5.41, 5.74) is 0.865. The van der Waals surface area contributed by atoms with E-state index in [2.05, 4.69) is 11.8 Å². The van der Waals surface area contributed by atoms with Gasteiger partial charge in [0.2, 0.25) is 0 Å². The molecule has 3 heterocycles. The Hall–Kier alpha value is -1.82. The zero-order valence-electron chi connectivity index (χ0n) is 11.3. The number of anilines is 1. The van der Waals surface area contributed by atoms with Crippen LogP contribution in [-0.4, -0.2) is 33.0 Å². The van der Waals surface area contributed by atoms with Gasteiger partial charge in [-0.25, -0.2) is 9.78 Å². The first-order valence-electron chi connectivity index (χ1n) is 6.84. The van der Waals surface area contributed by atoms with E-state index in [4.69, 9.17) is 10.1 Å². The van der Waals surface area contributed by atoms with E-state index in [1.165, 1.54) is 18.9 Å². The van der Waals surface area contributed by atoms with Crippen molar-refractivity contribution in [2.75, 3.05) is 11.4 Å². The summed E-state index contributed by atoms with van der Waals surface area (Å²) in [5, 5.41) is 10.8. The summed E-state index contributed by atoms with van der Waals surface area (Å²) in [6, 6.07) is 0.511. The molecule has 5 nitrogen and oxygen atoms in total. The van der Waals surface area contributed by atoms with Gasteiger partial charge in [-0.15, -0.1) is 11.3 Å². The number of fused-ring (bicyclic) bond motifs is 1. The van der Waals surface area contributed by atoms with Crippen LogP contribution in [0.2, 0.25) is 0 Å². The van der Waals surface area contributed by atoms with Crippen molar-refractivity contribution >= 4 is 34.2 Å². The number of aromatic nitrogens is 2. The number of hydrogen-bond donors (Lipinski definition) is 1. The zero-order valence-corrected chi connectivity index (χ0v) is 12.1. The van der Waals surface area contributed by atoms with Crippen LogP contribution in [0, 0.1) is 0 Å². The normalized spacial score (nSPS) is 19.4. The number of rotatable bonds is 4. The molecule has 2 aromatic heterocycles. The minimum Gasteiger partial charge on any atom is -0.478 e. The van der Waals surface area contributed by atoms with E-state index in [-0.39, 0.29) is 0 Å². The fourth-order valence-corrected chi connectivity index (χ4v) is 3.56.